The molecule has 0 unspecified atom stereocenters. The van der Waals surface area contributed by atoms with Gasteiger partial charge in [-0.15, -0.1) is 0 Å². The monoisotopic (exact) mass is 513 g/mol. The number of aliphatic hydroxyl groups is 2. The van der Waals surface area contributed by atoms with Crippen LogP contribution in [0.3, 0.4) is 0 Å². The number of hydrogen-bond acceptors (Lipinski definition) is 7. The van der Waals surface area contributed by atoms with Crippen LogP contribution in [0.15, 0.2) is 74.8 Å². The van der Waals surface area contributed by atoms with E-state index in [0.29, 0.717) is 12.3 Å². The molecule has 1 atom stereocenters. The van der Waals surface area contributed by atoms with Crippen LogP contribution in [0.4, 0.5) is 5.69 Å². The second kappa shape index (κ2) is 12.9. The van der Waals surface area contributed by atoms with Crippen molar-refractivity contribution in [2.45, 2.75) is 33.0 Å². The molecule has 0 saturated carbocycles. The molecule has 4 aromatic rings. The summed E-state index contributed by atoms with van der Waals surface area (Å²) in [6.45, 7) is 4.57. The molecule has 10 heteroatoms. The van der Waals surface area contributed by atoms with Gasteiger partial charge in [-0.3, -0.25) is 9.53 Å². The average molecular weight is 514 g/mol. The molecule has 37 heavy (non-hydrogen) atoms. The predicted octanol–water partition coefficient (Wildman–Crippen LogP) is -0.561. The van der Waals surface area contributed by atoms with Gasteiger partial charge in [0.1, 0.15) is 18.5 Å². The van der Waals surface area contributed by atoms with Gasteiger partial charge in [0.2, 0.25) is 0 Å². The van der Waals surface area contributed by atoms with Crippen LogP contribution in [-0.2, 0) is 13.1 Å². The van der Waals surface area contributed by atoms with Crippen LogP contribution >= 0.6 is 0 Å². The Morgan fingerprint density at radius 1 is 1.05 bits per heavy atom. The molecule has 0 aliphatic heterocycles. The van der Waals surface area contributed by atoms with Gasteiger partial charge in [0.15, 0.2) is 5.69 Å². The first kappa shape index (κ1) is 28.5. The van der Waals surface area contributed by atoms with E-state index in [1.807, 2.05) is 55.5 Å². The van der Waals surface area contributed by atoms with Gasteiger partial charge in [-0.05, 0) is 71.5 Å². The minimum atomic E-state index is -0.905. The number of ether oxygens (including phenoxy) is 1. The molecule has 9 nitrogen and oxygen atoms in total. The molecule has 0 fully saturated rings. The summed E-state index contributed by atoms with van der Waals surface area (Å²) in [6, 6.07) is 19.5. The molecule has 0 saturated heterocycles. The van der Waals surface area contributed by atoms with E-state index in [1.165, 1.54) is 0 Å². The van der Waals surface area contributed by atoms with E-state index in [-0.39, 0.29) is 49.3 Å². The van der Waals surface area contributed by atoms with Crippen molar-refractivity contribution in [2.75, 3.05) is 18.5 Å². The number of aliphatic hydroxyl groups excluding tert-OH is 2. The van der Waals surface area contributed by atoms with Crippen LogP contribution in [0, 0.1) is 13.8 Å². The first-order chi connectivity index (χ1) is 17.3. The van der Waals surface area contributed by atoms with Crippen molar-refractivity contribution in [2.24, 2.45) is 0 Å². The topological polar surface area (TPSA) is 128 Å². The predicted molar refractivity (Wildman–Crippen MR) is 135 cm³/mol. The fraction of sp³-hybridized carbons (Fsp3) is 0.259. The van der Waals surface area contributed by atoms with E-state index in [4.69, 9.17) is 14.4 Å². The van der Waals surface area contributed by atoms with Gasteiger partial charge >= 0.3 is 35.3 Å². The van der Waals surface area contributed by atoms with E-state index in [2.05, 4.69) is 29.4 Å². The van der Waals surface area contributed by atoms with Gasteiger partial charge in [-0.25, -0.2) is 4.79 Å². The molecule has 3 N–H and O–H groups in total. The summed E-state index contributed by atoms with van der Waals surface area (Å²) >= 11 is 0. The van der Waals surface area contributed by atoms with Crippen LogP contribution in [0.2, 0.25) is 0 Å². The quantitative estimate of drug-likeness (QED) is 0.241. The average Bonchev–Trinajstić information content (AvgIpc) is 3.19. The number of aromatic nitrogens is 2. The molecule has 0 bridgehead atoms. The minimum absolute atomic E-state index is 0. The van der Waals surface area contributed by atoms with Crippen molar-refractivity contribution in [3.05, 3.63) is 104 Å². The number of anilines is 1. The van der Waals surface area contributed by atoms with Crippen molar-refractivity contribution >= 4 is 5.69 Å². The Morgan fingerprint density at radius 3 is 2.46 bits per heavy atom. The normalized spacial score (nSPS) is 11.6. The molecule has 1 aromatic heterocycles. The van der Waals surface area contributed by atoms with Gasteiger partial charge in [-0.2, -0.15) is 0 Å². The van der Waals surface area contributed by atoms with E-state index < -0.39 is 17.5 Å². The smallest absolute Gasteiger partial charge is 0.491 e. The van der Waals surface area contributed by atoms with Gasteiger partial charge in [-0.1, -0.05) is 36.4 Å². The summed E-state index contributed by atoms with van der Waals surface area (Å²) in [5.41, 5.74) is 6.61. The van der Waals surface area contributed by atoms with Crippen LogP contribution in [0.25, 0.3) is 11.1 Å². The maximum absolute atomic E-state index is 11.6. The summed E-state index contributed by atoms with van der Waals surface area (Å²) in [5.74, 6) is -0.252. The molecule has 0 aliphatic carbocycles. The summed E-state index contributed by atoms with van der Waals surface area (Å²) < 4.78 is 11.2. The van der Waals surface area contributed by atoms with E-state index in [1.54, 1.807) is 0 Å². The largest absolute Gasteiger partial charge is 1.00 e. The molecular formula is C27H28N3NaO6. The maximum Gasteiger partial charge on any atom is 1.00 e. The zero-order valence-electron chi connectivity index (χ0n) is 21.1. The molecule has 3 aromatic carbocycles. The van der Waals surface area contributed by atoms with Crippen LogP contribution in [0.1, 0.15) is 22.3 Å². The van der Waals surface area contributed by atoms with E-state index in [9.17, 15) is 14.7 Å². The van der Waals surface area contributed by atoms with E-state index in [0.717, 1.165) is 43.8 Å². The molecule has 1 heterocycles. The zero-order chi connectivity index (χ0) is 25.7. The molecule has 4 rings (SSSR count). The minimum Gasteiger partial charge on any atom is -0.491 e. The summed E-state index contributed by atoms with van der Waals surface area (Å²) in [5, 5.41) is 21.9. The number of benzene rings is 3. The molecule has 0 amide bonds. The third kappa shape index (κ3) is 7.24. The van der Waals surface area contributed by atoms with E-state index >= 15 is 0 Å². The van der Waals surface area contributed by atoms with Gasteiger partial charge in [0, 0.05) is 18.8 Å². The van der Waals surface area contributed by atoms with Crippen molar-refractivity contribution in [3.63, 3.8) is 0 Å². The number of hydrogen-bond donors (Lipinski definition) is 3. The zero-order valence-corrected chi connectivity index (χ0v) is 23.1. The Hall–Kier alpha value is -3.08. The molecule has 0 radical (unpaired) electrons. The number of nitrogens with one attached hydrogen (secondary N) is 1. The molecule has 0 aliphatic rings. The summed E-state index contributed by atoms with van der Waals surface area (Å²) in [6.07, 6.45) is -0.905. The Labute approximate surface area is 236 Å². The van der Waals surface area contributed by atoms with Crippen LogP contribution in [-0.4, -0.2) is 34.3 Å². The third-order valence-electron chi connectivity index (χ3n) is 5.94. The molecule has 188 valence electrons. The second-order valence-electron chi connectivity index (χ2n) is 8.55. The number of aryl methyl sites for hydroxylation is 1. The van der Waals surface area contributed by atoms with Gasteiger partial charge < -0.3 is 29.8 Å². The standard InChI is InChI=1S/C27H29N3O6.Na/c1-17-12-23(35-16-22(32)15-31)10-11-24(17)25-5-3-4-20(18(25)2)13-28-21-8-6-19(7-9-21)14-30-26(33)29-27(34)36-30;/h3-12,22,28,31-32H,13-16H2,1-2H3,(H,29,33,34);/q;+1/p-1/t22-;/m0./s1. The third-order valence-corrected chi connectivity index (χ3v) is 5.94. The first-order valence-electron chi connectivity index (χ1n) is 11.5. The van der Waals surface area contributed by atoms with Crippen LogP contribution in [0.5, 0.6) is 5.75 Å². The van der Waals surface area contributed by atoms with Gasteiger partial charge in [0.25, 0.3) is 0 Å². The maximum atomic E-state index is 11.6. The van der Waals surface area contributed by atoms with Crippen molar-refractivity contribution in [3.8, 4) is 16.9 Å². The molecule has 0 spiro atoms. The Morgan fingerprint density at radius 2 is 1.81 bits per heavy atom. The molecular weight excluding hydrogens is 485 g/mol. The number of nitrogens with zero attached hydrogens (tertiary/aromatic N) is 2. The second-order valence-corrected chi connectivity index (χ2v) is 8.55. The van der Waals surface area contributed by atoms with Crippen LogP contribution < -0.4 is 56.0 Å². The number of rotatable bonds is 10. The van der Waals surface area contributed by atoms with Crippen molar-refractivity contribution in [1.82, 2.24) is 9.72 Å². The Kier molecular flexibility index (Phi) is 9.96. The fourth-order valence-electron chi connectivity index (χ4n) is 3.92. The SMILES string of the molecule is Cc1cc(OC[C@@H](O)CO)ccc1-c1cccc(CNc2ccc(Cn3oc(=O)[n-]c3=O)cc2)c1C.[Na+]. The van der Waals surface area contributed by atoms with Crippen molar-refractivity contribution in [1.29, 1.82) is 0 Å². The Bertz CT molecular complexity index is 1440. The summed E-state index contributed by atoms with van der Waals surface area (Å²) in [4.78, 5) is 25.8. The Balaban J connectivity index is 0.00000380. The van der Waals surface area contributed by atoms with Crippen molar-refractivity contribution < 1.29 is 49.0 Å². The fourth-order valence-corrected chi connectivity index (χ4v) is 3.92. The first-order valence-corrected chi connectivity index (χ1v) is 11.5. The summed E-state index contributed by atoms with van der Waals surface area (Å²) in [7, 11) is 0. The van der Waals surface area contributed by atoms with Gasteiger partial charge in [0.05, 0.1) is 6.61 Å².